The Morgan fingerprint density at radius 3 is 2.44 bits per heavy atom. The minimum absolute atomic E-state index is 0.0543. The standard InChI is InChI=1S/C11H18N2O2S/c14-9-6-12-10(15)13(9)7-11(8-16)4-2-1-3-5-11/h16H,1-8H2,(H,12,15). The first-order valence-electron chi connectivity index (χ1n) is 5.86. The van der Waals surface area contributed by atoms with E-state index in [2.05, 4.69) is 17.9 Å². The molecular formula is C11H18N2O2S. The zero-order valence-electron chi connectivity index (χ0n) is 9.37. The van der Waals surface area contributed by atoms with E-state index in [9.17, 15) is 9.59 Å². The van der Waals surface area contributed by atoms with Gasteiger partial charge in [0.2, 0.25) is 5.91 Å². The van der Waals surface area contributed by atoms with Crippen LogP contribution >= 0.6 is 12.6 Å². The topological polar surface area (TPSA) is 49.4 Å². The fourth-order valence-corrected chi connectivity index (χ4v) is 3.03. The van der Waals surface area contributed by atoms with Gasteiger partial charge in [-0.1, -0.05) is 19.3 Å². The Morgan fingerprint density at radius 1 is 1.25 bits per heavy atom. The van der Waals surface area contributed by atoms with Crippen molar-refractivity contribution in [2.45, 2.75) is 32.1 Å². The van der Waals surface area contributed by atoms with E-state index in [1.54, 1.807) is 0 Å². The van der Waals surface area contributed by atoms with E-state index in [1.165, 1.54) is 24.2 Å². The second kappa shape index (κ2) is 4.65. The van der Waals surface area contributed by atoms with Crippen LogP contribution in [0.15, 0.2) is 0 Å². The highest BCUT2D eigenvalue weighted by molar-refractivity contribution is 7.80. The number of rotatable bonds is 3. The monoisotopic (exact) mass is 242 g/mol. The smallest absolute Gasteiger partial charge is 0.324 e. The van der Waals surface area contributed by atoms with Crippen LogP contribution < -0.4 is 5.32 Å². The molecule has 2 aliphatic rings. The maximum Gasteiger partial charge on any atom is 0.324 e. The van der Waals surface area contributed by atoms with E-state index < -0.39 is 0 Å². The molecule has 2 fully saturated rings. The van der Waals surface area contributed by atoms with E-state index in [4.69, 9.17) is 0 Å². The molecule has 90 valence electrons. The summed E-state index contributed by atoms with van der Waals surface area (Å²) in [7, 11) is 0. The highest BCUT2D eigenvalue weighted by Crippen LogP contribution is 2.38. The molecule has 0 unspecified atom stereocenters. The van der Waals surface area contributed by atoms with Crippen LogP contribution in [-0.2, 0) is 4.79 Å². The van der Waals surface area contributed by atoms with Gasteiger partial charge in [-0.2, -0.15) is 12.6 Å². The Balaban J connectivity index is 2.05. The van der Waals surface area contributed by atoms with Crippen molar-refractivity contribution in [1.29, 1.82) is 0 Å². The third-order valence-corrected chi connectivity index (χ3v) is 4.35. The molecule has 0 aromatic rings. The lowest BCUT2D eigenvalue weighted by Gasteiger charge is -2.38. The van der Waals surface area contributed by atoms with Gasteiger partial charge in [-0.15, -0.1) is 0 Å². The molecule has 1 saturated carbocycles. The number of carbonyl (C=O) groups is 2. The van der Waals surface area contributed by atoms with E-state index in [0.717, 1.165) is 18.6 Å². The first-order valence-corrected chi connectivity index (χ1v) is 6.49. The molecule has 1 saturated heterocycles. The molecular weight excluding hydrogens is 224 g/mol. The van der Waals surface area contributed by atoms with Gasteiger partial charge in [-0.05, 0) is 24.0 Å². The van der Waals surface area contributed by atoms with E-state index in [1.807, 2.05) is 0 Å². The average Bonchev–Trinajstić information content (AvgIpc) is 2.62. The second-order valence-electron chi connectivity index (χ2n) is 4.86. The fourth-order valence-electron chi connectivity index (χ4n) is 2.62. The van der Waals surface area contributed by atoms with Crippen LogP contribution in [0.1, 0.15) is 32.1 Å². The quantitative estimate of drug-likeness (QED) is 0.581. The predicted octanol–water partition coefficient (Wildman–Crippen LogP) is 1.42. The maximum absolute atomic E-state index is 11.5. The summed E-state index contributed by atoms with van der Waals surface area (Å²) < 4.78 is 0. The molecule has 0 spiro atoms. The van der Waals surface area contributed by atoms with Crippen molar-refractivity contribution in [1.82, 2.24) is 10.2 Å². The summed E-state index contributed by atoms with van der Waals surface area (Å²) in [5.41, 5.74) is 0.0543. The van der Waals surface area contributed by atoms with Gasteiger partial charge in [0.1, 0.15) is 0 Å². The summed E-state index contributed by atoms with van der Waals surface area (Å²) in [5.74, 6) is 0.654. The lowest BCUT2D eigenvalue weighted by molar-refractivity contribution is -0.126. The van der Waals surface area contributed by atoms with E-state index in [0.29, 0.717) is 6.54 Å². The van der Waals surface area contributed by atoms with Crippen molar-refractivity contribution < 1.29 is 9.59 Å². The number of nitrogens with one attached hydrogen (secondary N) is 1. The zero-order valence-corrected chi connectivity index (χ0v) is 10.3. The summed E-state index contributed by atoms with van der Waals surface area (Å²) >= 11 is 4.41. The van der Waals surface area contributed by atoms with Gasteiger partial charge in [-0.25, -0.2) is 4.79 Å². The Bertz CT molecular complexity index is 284. The van der Waals surface area contributed by atoms with Crippen molar-refractivity contribution >= 4 is 24.6 Å². The third kappa shape index (κ3) is 2.19. The molecule has 1 aliphatic carbocycles. The molecule has 16 heavy (non-hydrogen) atoms. The highest BCUT2D eigenvalue weighted by Gasteiger charge is 2.38. The van der Waals surface area contributed by atoms with Crippen LogP contribution in [-0.4, -0.2) is 35.7 Å². The molecule has 3 amide bonds. The highest BCUT2D eigenvalue weighted by atomic mass is 32.1. The van der Waals surface area contributed by atoms with Crippen LogP contribution in [0.4, 0.5) is 4.79 Å². The summed E-state index contributed by atoms with van der Waals surface area (Å²) in [6, 6.07) is -0.239. The second-order valence-corrected chi connectivity index (χ2v) is 5.17. The third-order valence-electron chi connectivity index (χ3n) is 3.68. The molecule has 0 aromatic carbocycles. The fraction of sp³-hybridized carbons (Fsp3) is 0.818. The van der Waals surface area contributed by atoms with Gasteiger partial charge in [0.25, 0.3) is 0 Å². The summed E-state index contributed by atoms with van der Waals surface area (Å²) in [5, 5.41) is 2.56. The number of carbonyl (C=O) groups excluding carboxylic acids is 2. The van der Waals surface area contributed by atoms with Crippen molar-refractivity contribution in [2.24, 2.45) is 5.41 Å². The Labute approximate surface area is 101 Å². The predicted molar refractivity (Wildman–Crippen MR) is 64.5 cm³/mol. The van der Waals surface area contributed by atoms with Crippen LogP contribution in [0.3, 0.4) is 0 Å². The number of urea groups is 1. The first kappa shape index (κ1) is 11.8. The van der Waals surface area contributed by atoms with Crippen molar-refractivity contribution in [3.8, 4) is 0 Å². The molecule has 2 rings (SSSR count). The molecule has 1 aliphatic heterocycles. The zero-order chi connectivity index (χ0) is 11.6. The van der Waals surface area contributed by atoms with Crippen molar-refractivity contribution in [3.63, 3.8) is 0 Å². The van der Waals surface area contributed by atoms with Gasteiger partial charge in [0.05, 0.1) is 6.54 Å². The van der Waals surface area contributed by atoms with Gasteiger partial charge in [0, 0.05) is 6.54 Å². The van der Waals surface area contributed by atoms with Crippen LogP contribution in [0, 0.1) is 5.41 Å². The average molecular weight is 242 g/mol. The number of amides is 3. The lowest BCUT2D eigenvalue weighted by Crippen LogP contribution is -2.43. The van der Waals surface area contributed by atoms with Gasteiger partial charge < -0.3 is 5.32 Å². The van der Waals surface area contributed by atoms with Crippen molar-refractivity contribution in [2.75, 3.05) is 18.8 Å². The minimum Gasteiger partial charge on any atom is -0.329 e. The summed E-state index contributed by atoms with van der Waals surface area (Å²) in [6.07, 6.45) is 5.78. The normalized spacial score (nSPS) is 24.7. The van der Waals surface area contributed by atoms with Gasteiger partial charge >= 0.3 is 6.03 Å². The summed E-state index contributed by atoms with van der Waals surface area (Å²) in [6.45, 7) is 0.697. The minimum atomic E-state index is -0.239. The number of nitrogens with zero attached hydrogens (tertiary/aromatic N) is 1. The molecule has 0 radical (unpaired) electrons. The molecule has 1 heterocycles. The molecule has 1 N–H and O–H groups in total. The van der Waals surface area contributed by atoms with Gasteiger partial charge in [0.15, 0.2) is 0 Å². The number of thiol groups is 1. The maximum atomic E-state index is 11.5. The molecule has 5 heteroatoms. The van der Waals surface area contributed by atoms with Gasteiger partial charge in [-0.3, -0.25) is 9.69 Å². The molecule has 4 nitrogen and oxygen atoms in total. The first-order chi connectivity index (χ1) is 7.67. The van der Waals surface area contributed by atoms with Crippen LogP contribution in [0.25, 0.3) is 0 Å². The SMILES string of the molecule is O=C1CNC(=O)N1CC1(CS)CCCCC1. The Kier molecular flexibility index (Phi) is 3.42. The lowest BCUT2D eigenvalue weighted by atomic mass is 9.75. The van der Waals surface area contributed by atoms with Crippen LogP contribution in [0.5, 0.6) is 0 Å². The van der Waals surface area contributed by atoms with Crippen LogP contribution in [0.2, 0.25) is 0 Å². The molecule has 0 aromatic heterocycles. The molecule has 0 bridgehead atoms. The largest absolute Gasteiger partial charge is 0.329 e. The Morgan fingerprint density at radius 2 is 1.94 bits per heavy atom. The number of hydrogen-bond donors (Lipinski definition) is 2. The Hall–Kier alpha value is -0.710. The van der Waals surface area contributed by atoms with E-state index in [-0.39, 0.29) is 23.9 Å². The summed E-state index contributed by atoms with van der Waals surface area (Å²) in [4.78, 5) is 24.4. The number of imide groups is 1. The van der Waals surface area contributed by atoms with E-state index >= 15 is 0 Å². The number of hydrogen-bond acceptors (Lipinski definition) is 3. The van der Waals surface area contributed by atoms with Crippen molar-refractivity contribution in [3.05, 3.63) is 0 Å². The molecule has 0 atom stereocenters.